The van der Waals surface area contributed by atoms with Crippen LogP contribution in [0.1, 0.15) is 38.4 Å². The third kappa shape index (κ3) is 1.88. The molecule has 2 fully saturated rings. The van der Waals surface area contributed by atoms with E-state index in [0.717, 1.165) is 12.3 Å². The Morgan fingerprint density at radius 3 is 2.83 bits per heavy atom. The molecule has 1 amide bonds. The predicted molar refractivity (Wildman–Crippen MR) is 73.3 cm³/mol. The summed E-state index contributed by atoms with van der Waals surface area (Å²) < 4.78 is 0. The molecule has 1 aliphatic heterocycles. The first-order valence-electron chi connectivity index (χ1n) is 6.75. The minimum Gasteiger partial charge on any atom is -0.319 e. The summed E-state index contributed by atoms with van der Waals surface area (Å²) in [5, 5.41) is 7.58. The van der Waals surface area contributed by atoms with E-state index in [1.165, 1.54) is 12.0 Å². The number of carbonyl (C=O) groups is 1. The van der Waals surface area contributed by atoms with Gasteiger partial charge in [-0.05, 0) is 47.1 Å². The maximum atomic E-state index is 12.2. The monoisotopic (exact) mass is 264 g/mol. The minimum atomic E-state index is 0.0986. The van der Waals surface area contributed by atoms with Crippen molar-refractivity contribution in [2.24, 2.45) is 11.8 Å². The molecule has 0 spiro atoms. The van der Waals surface area contributed by atoms with E-state index in [1.54, 1.807) is 11.3 Å². The molecule has 1 aromatic rings. The van der Waals surface area contributed by atoms with E-state index in [-0.39, 0.29) is 12.1 Å². The molecular weight excluding hydrogens is 244 g/mol. The fourth-order valence-corrected chi connectivity index (χ4v) is 4.01. The minimum absolute atomic E-state index is 0.0986. The predicted octanol–water partition coefficient (Wildman–Crippen LogP) is 2.61. The molecular formula is C14H20N2OS. The molecule has 1 saturated carbocycles. The summed E-state index contributed by atoms with van der Waals surface area (Å²) in [5.74, 6) is 1.60. The molecule has 0 aromatic carbocycles. The Morgan fingerprint density at radius 1 is 1.39 bits per heavy atom. The van der Waals surface area contributed by atoms with E-state index in [0.29, 0.717) is 18.5 Å². The highest BCUT2D eigenvalue weighted by atomic mass is 32.1. The standard InChI is InChI=1S/C14H20N2OS/c1-9-3-4-12(10(9)2)16-13(17)7-15-14(16)11-5-6-18-8-11/h5-6,8-10,12,14-15H,3-4,7H2,1-2H3. The maximum absolute atomic E-state index is 12.2. The zero-order valence-electron chi connectivity index (χ0n) is 10.9. The van der Waals surface area contributed by atoms with Gasteiger partial charge in [0.05, 0.1) is 6.54 Å². The lowest BCUT2D eigenvalue weighted by molar-refractivity contribution is -0.131. The van der Waals surface area contributed by atoms with E-state index in [1.807, 2.05) is 0 Å². The molecule has 98 valence electrons. The Labute approximate surface area is 112 Å². The van der Waals surface area contributed by atoms with Gasteiger partial charge in [-0.25, -0.2) is 0 Å². The van der Waals surface area contributed by atoms with Crippen molar-refractivity contribution in [1.82, 2.24) is 10.2 Å². The highest BCUT2D eigenvalue weighted by Crippen LogP contribution is 2.39. The van der Waals surface area contributed by atoms with Crippen molar-refractivity contribution in [3.63, 3.8) is 0 Å². The van der Waals surface area contributed by atoms with Crippen molar-refractivity contribution in [2.45, 2.75) is 38.9 Å². The summed E-state index contributed by atoms with van der Waals surface area (Å²) in [5.41, 5.74) is 1.23. The second-order valence-electron chi connectivity index (χ2n) is 5.62. The number of carbonyl (C=O) groups excluding carboxylic acids is 1. The van der Waals surface area contributed by atoms with Gasteiger partial charge in [-0.15, -0.1) is 0 Å². The molecule has 0 bridgehead atoms. The van der Waals surface area contributed by atoms with E-state index in [4.69, 9.17) is 0 Å². The van der Waals surface area contributed by atoms with Gasteiger partial charge in [-0.2, -0.15) is 11.3 Å². The molecule has 2 heterocycles. The van der Waals surface area contributed by atoms with Gasteiger partial charge in [0.1, 0.15) is 6.17 Å². The van der Waals surface area contributed by atoms with Crippen LogP contribution in [0.2, 0.25) is 0 Å². The van der Waals surface area contributed by atoms with Gasteiger partial charge in [0.2, 0.25) is 5.91 Å². The van der Waals surface area contributed by atoms with Crippen molar-refractivity contribution >= 4 is 17.2 Å². The van der Waals surface area contributed by atoms with Gasteiger partial charge in [-0.3, -0.25) is 10.1 Å². The average molecular weight is 264 g/mol. The molecule has 1 aromatic heterocycles. The van der Waals surface area contributed by atoms with Crippen LogP contribution in [0.5, 0.6) is 0 Å². The molecule has 1 saturated heterocycles. The number of nitrogens with zero attached hydrogens (tertiary/aromatic N) is 1. The van der Waals surface area contributed by atoms with Gasteiger partial charge < -0.3 is 4.90 Å². The quantitative estimate of drug-likeness (QED) is 0.890. The Hall–Kier alpha value is -0.870. The van der Waals surface area contributed by atoms with Crippen LogP contribution in [0.15, 0.2) is 16.8 Å². The second-order valence-corrected chi connectivity index (χ2v) is 6.40. The van der Waals surface area contributed by atoms with E-state index >= 15 is 0 Å². The van der Waals surface area contributed by atoms with Gasteiger partial charge in [0.15, 0.2) is 0 Å². The number of amides is 1. The molecule has 2 aliphatic rings. The van der Waals surface area contributed by atoms with Crippen molar-refractivity contribution in [3.8, 4) is 0 Å². The van der Waals surface area contributed by atoms with Crippen LogP contribution < -0.4 is 5.32 Å². The largest absolute Gasteiger partial charge is 0.319 e. The van der Waals surface area contributed by atoms with Crippen LogP contribution in [0, 0.1) is 11.8 Å². The van der Waals surface area contributed by atoms with Crippen LogP contribution in [0.25, 0.3) is 0 Å². The van der Waals surface area contributed by atoms with Gasteiger partial charge >= 0.3 is 0 Å². The number of hydrogen-bond acceptors (Lipinski definition) is 3. The van der Waals surface area contributed by atoms with Crippen molar-refractivity contribution < 1.29 is 4.79 Å². The molecule has 3 rings (SSSR count). The topological polar surface area (TPSA) is 32.3 Å². The summed E-state index contributed by atoms with van der Waals surface area (Å²) in [4.78, 5) is 14.3. The normalized spacial score (nSPS) is 36.6. The van der Waals surface area contributed by atoms with Crippen LogP contribution >= 0.6 is 11.3 Å². The van der Waals surface area contributed by atoms with Crippen molar-refractivity contribution in [1.29, 1.82) is 0 Å². The Balaban J connectivity index is 1.86. The second kappa shape index (κ2) is 4.67. The third-order valence-electron chi connectivity index (χ3n) is 4.65. The lowest BCUT2D eigenvalue weighted by atomic mass is 9.96. The van der Waals surface area contributed by atoms with E-state index < -0.39 is 0 Å². The van der Waals surface area contributed by atoms with Gasteiger partial charge in [-0.1, -0.05) is 13.8 Å². The third-order valence-corrected chi connectivity index (χ3v) is 5.35. The average Bonchev–Trinajstić information content (AvgIpc) is 3.03. The van der Waals surface area contributed by atoms with Crippen molar-refractivity contribution in [3.05, 3.63) is 22.4 Å². The fourth-order valence-electron chi connectivity index (χ4n) is 3.33. The molecule has 18 heavy (non-hydrogen) atoms. The van der Waals surface area contributed by atoms with Crippen LogP contribution in [0.3, 0.4) is 0 Å². The highest BCUT2D eigenvalue weighted by Gasteiger charge is 2.42. The summed E-state index contributed by atoms with van der Waals surface area (Å²) in [6.45, 7) is 5.08. The lowest BCUT2D eigenvalue weighted by Gasteiger charge is -2.33. The molecule has 1 N–H and O–H groups in total. The molecule has 0 radical (unpaired) electrons. The highest BCUT2D eigenvalue weighted by molar-refractivity contribution is 7.07. The Morgan fingerprint density at radius 2 is 2.22 bits per heavy atom. The number of nitrogens with one attached hydrogen (secondary N) is 1. The first-order valence-corrected chi connectivity index (χ1v) is 7.69. The summed E-state index contributed by atoms with van der Waals surface area (Å²) in [7, 11) is 0. The molecule has 4 unspecified atom stereocenters. The Bertz CT molecular complexity index is 431. The molecule has 1 aliphatic carbocycles. The summed E-state index contributed by atoms with van der Waals surface area (Å²) in [6, 6.07) is 2.53. The summed E-state index contributed by atoms with van der Waals surface area (Å²) >= 11 is 1.70. The zero-order valence-corrected chi connectivity index (χ0v) is 11.7. The van der Waals surface area contributed by atoms with Gasteiger partial charge in [0, 0.05) is 6.04 Å². The zero-order chi connectivity index (χ0) is 12.7. The molecule has 4 heteroatoms. The van der Waals surface area contributed by atoms with Crippen LogP contribution in [0.4, 0.5) is 0 Å². The first-order chi connectivity index (χ1) is 8.68. The maximum Gasteiger partial charge on any atom is 0.238 e. The lowest BCUT2D eigenvalue weighted by Crippen LogP contribution is -2.41. The van der Waals surface area contributed by atoms with Crippen molar-refractivity contribution in [2.75, 3.05) is 6.54 Å². The first kappa shape index (κ1) is 12.2. The van der Waals surface area contributed by atoms with Gasteiger partial charge in [0.25, 0.3) is 0 Å². The Kier molecular flexibility index (Phi) is 3.16. The number of thiophene rings is 1. The fraction of sp³-hybridized carbons (Fsp3) is 0.643. The van der Waals surface area contributed by atoms with E-state index in [9.17, 15) is 4.79 Å². The summed E-state index contributed by atoms with van der Waals surface area (Å²) in [6.07, 6.45) is 2.49. The molecule has 3 nitrogen and oxygen atoms in total. The van der Waals surface area contributed by atoms with Crippen LogP contribution in [-0.4, -0.2) is 23.4 Å². The smallest absolute Gasteiger partial charge is 0.238 e. The SMILES string of the molecule is CC1CCC(N2C(=O)CNC2c2ccsc2)C1C. The molecule has 4 atom stereocenters. The number of rotatable bonds is 2. The van der Waals surface area contributed by atoms with E-state index in [2.05, 4.69) is 40.9 Å². The van der Waals surface area contributed by atoms with Crippen LogP contribution in [-0.2, 0) is 4.79 Å². The number of hydrogen-bond donors (Lipinski definition) is 1.